The molecule has 0 fully saturated rings. The monoisotopic (exact) mass is 436 g/mol. The van der Waals surface area contributed by atoms with E-state index < -0.39 is 0 Å². The molecule has 1 heterocycles. The first-order valence-corrected chi connectivity index (χ1v) is 8.31. The van der Waals surface area contributed by atoms with Crippen LogP contribution < -0.4 is 5.32 Å². The second-order valence-corrected chi connectivity index (χ2v) is 7.59. The van der Waals surface area contributed by atoms with E-state index in [1.54, 1.807) is 11.3 Å². The summed E-state index contributed by atoms with van der Waals surface area (Å²) in [6, 6.07) is 6.52. The summed E-state index contributed by atoms with van der Waals surface area (Å²) in [4.78, 5) is 5.88. The van der Waals surface area contributed by atoms with E-state index in [1.165, 1.54) is 8.45 Å². The van der Waals surface area contributed by atoms with Crippen molar-refractivity contribution in [3.63, 3.8) is 0 Å². The third-order valence-corrected chi connectivity index (χ3v) is 5.89. The molecule has 1 aromatic carbocycles. The number of aryl methyl sites for hydroxylation is 2. The Balaban J connectivity index is 2.18. The topological polar surface area (TPSA) is 24.9 Å². The van der Waals surface area contributed by atoms with Crippen LogP contribution in [0, 0.1) is 17.4 Å². The predicted molar refractivity (Wildman–Crippen MR) is 90.5 cm³/mol. The van der Waals surface area contributed by atoms with Crippen molar-refractivity contribution in [3.8, 4) is 0 Å². The van der Waals surface area contributed by atoms with Crippen LogP contribution in [0.15, 0.2) is 22.7 Å². The summed E-state index contributed by atoms with van der Waals surface area (Å²) in [6.45, 7) is 6.32. The highest BCUT2D eigenvalue weighted by molar-refractivity contribution is 14.1. The summed E-state index contributed by atoms with van der Waals surface area (Å²) >= 11 is 7.61. The van der Waals surface area contributed by atoms with Crippen LogP contribution in [0.3, 0.4) is 0 Å². The molecule has 1 aromatic heterocycles. The number of rotatable bonds is 3. The Hall–Kier alpha value is -0.140. The summed E-state index contributed by atoms with van der Waals surface area (Å²) in [5, 5.41) is 4.62. The number of nitrogens with zero attached hydrogens (tertiary/aromatic N) is 1. The van der Waals surface area contributed by atoms with Gasteiger partial charge in [-0.2, -0.15) is 0 Å². The summed E-state index contributed by atoms with van der Waals surface area (Å²) in [6.07, 6.45) is 0. The lowest BCUT2D eigenvalue weighted by molar-refractivity contribution is 0.837. The van der Waals surface area contributed by atoms with E-state index in [0.717, 1.165) is 20.9 Å². The molecule has 0 aliphatic heterocycles. The summed E-state index contributed by atoms with van der Waals surface area (Å²) < 4.78 is 2.33. The van der Waals surface area contributed by atoms with Crippen molar-refractivity contribution in [3.05, 3.63) is 41.8 Å². The van der Waals surface area contributed by atoms with E-state index in [9.17, 15) is 0 Å². The maximum atomic E-state index is 4.59. The van der Waals surface area contributed by atoms with Gasteiger partial charge in [-0.25, -0.2) is 4.98 Å². The molecule has 0 aliphatic carbocycles. The summed E-state index contributed by atoms with van der Waals surface area (Å²) in [5.41, 5.74) is 2.26. The quantitative estimate of drug-likeness (QED) is 0.660. The maximum Gasteiger partial charge on any atom is 0.0901 e. The minimum Gasteiger partial charge on any atom is -0.377 e. The van der Waals surface area contributed by atoms with Gasteiger partial charge in [-0.1, -0.05) is 0 Å². The Bertz CT molecular complexity index is 568. The Morgan fingerprint density at radius 3 is 2.67 bits per heavy atom. The fourth-order valence-corrected chi connectivity index (χ4v) is 3.48. The van der Waals surface area contributed by atoms with Gasteiger partial charge in [-0.05, 0) is 77.5 Å². The molecule has 0 amide bonds. The van der Waals surface area contributed by atoms with Gasteiger partial charge in [0.05, 0.1) is 16.7 Å². The fraction of sp³-hybridized carbons (Fsp3) is 0.308. The molecule has 1 unspecified atom stereocenters. The van der Waals surface area contributed by atoms with Gasteiger partial charge in [0.25, 0.3) is 0 Å². The number of halogens is 2. The lowest BCUT2D eigenvalue weighted by atomic mass is 10.2. The lowest BCUT2D eigenvalue weighted by Gasteiger charge is -2.14. The normalized spacial score (nSPS) is 12.5. The van der Waals surface area contributed by atoms with Crippen LogP contribution >= 0.6 is 49.9 Å². The van der Waals surface area contributed by atoms with Crippen LogP contribution in [0.25, 0.3) is 0 Å². The van der Waals surface area contributed by atoms with Gasteiger partial charge in [0.2, 0.25) is 0 Å². The third-order valence-electron chi connectivity index (χ3n) is 2.65. The zero-order valence-electron chi connectivity index (χ0n) is 10.4. The zero-order valence-corrected chi connectivity index (χ0v) is 15.0. The molecule has 0 aliphatic rings. The van der Waals surface area contributed by atoms with Crippen molar-refractivity contribution in [2.75, 3.05) is 5.32 Å². The smallest absolute Gasteiger partial charge is 0.0901 e. The van der Waals surface area contributed by atoms with Gasteiger partial charge in [0, 0.05) is 18.6 Å². The molecule has 5 heteroatoms. The highest BCUT2D eigenvalue weighted by atomic mass is 127. The highest BCUT2D eigenvalue weighted by Gasteiger charge is 2.13. The second kappa shape index (κ2) is 5.88. The zero-order chi connectivity index (χ0) is 13.3. The predicted octanol–water partition coefficient (Wildman–Crippen LogP) is 5.30. The molecule has 96 valence electrons. The van der Waals surface area contributed by atoms with Gasteiger partial charge >= 0.3 is 0 Å². The Morgan fingerprint density at radius 1 is 1.39 bits per heavy atom. The minimum absolute atomic E-state index is 0.224. The van der Waals surface area contributed by atoms with Crippen molar-refractivity contribution in [2.24, 2.45) is 0 Å². The van der Waals surface area contributed by atoms with Crippen molar-refractivity contribution in [1.29, 1.82) is 0 Å². The Kier molecular flexibility index (Phi) is 4.66. The van der Waals surface area contributed by atoms with Gasteiger partial charge in [-0.3, -0.25) is 0 Å². The molecular weight excluding hydrogens is 423 g/mol. The fourth-order valence-electron chi connectivity index (χ4n) is 1.85. The average molecular weight is 437 g/mol. The molecule has 2 aromatic rings. The van der Waals surface area contributed by atoms with Gasteiger partial charge < -0.3 is 5.32 Å². The van der Waals surface area contributed by atoms with Crippen molar-refractivity contribution in [2.45, 2.75) is 26.8 Å². The van der Waals surface area contributed by atoms with E-state index in [2.05, 4.69) is 87.8 Å². The van der Waals surface area contributed by atoms with E-state index in [4.69, 9.17) is 0 Å². The largest absolute Gasteiger partial charge is 0.377 e. The number of thiazole rings is 1. The van der Waals surface area contributed by atoms with Crippen LogP contribution in [0.1, 0.15) is 28.5 Å². The van der Waals surface area contributed by atoms with E-state index in [0.29, 0.717) is 0 Å². The molecular formula is C13H14BrIN2S. The highest BCUT2D eigenvalue weighted by Crippen LogP contribution is 2.28. The van der Waals surface area contributed by atoms with Crippen molar-refractivity contribution in [1.82, 2.24) is 4.98 Å². The SMILES string of the molecule is Cc1nc(C(C)Nc2ccc(I)c(Br)c2)c(C)s1. The number of benzene rings is 1. The molecule has 1 N–H and O–H groups in total. The van der Waals surface area contributed by atoms with Gasteiger partial charge in [0.1, 0.15) is 0 Å². The molecule has 0 saturated heterocycles. The third kappa shape index (κ3) is 3.24. The first kappa shape index (κ1) is 14.3. The number of aromatic nitrogens is 1. The molecule has 0 radical (unpaired) electrons. The first-order valence-electron chi connectivity index (χ1n) is 5.63. The summed E-state index contributed by atoms with van der Waals surface area (Å²) in [7, 11) is 0. The standard InChI is InChI=1S/C13H14BrIN2S/c1-7(13-8(2)18-9(3)17-13)16-10-4-5-12(15)11(14)6-10/h4-7,16H,1-3H3. The first-order chi connectivity index (χ1) is 8.47. The lowest BCUT2D eigenvalue weighted by Crippen LogP contribution is -2.08. The molecule has 2 rings (SSSR count). The van der Waals surface area contributed by atoms with Gasteiger partial charge in [0.15, 0.2) is 0 Å². The van der Waals surface area contributed by atoms with Gasteiger partial charge in [-0.15, -0.1) is 11.3 Å². The maximum absolute atomic E-state index is 4.59. The molecule has 0 spiro atoms. The van der Waals surface area contributed by atoms with Crippen LogP contribution in [0.4, 0.5) is 5.69 Å². The molecule has 0 saturated carbocycles. The molecule has 1 atom stereocenters. The van der Waals surface area contributed by atoms with Crippen LogP contribution in [-0.2, 0) is 0 Å². The summed E-state index contributed by atoms with van der Waals surface area (Å²) in [5.74, 6) is 0. The number of nitrogens with one attached hydrogen (secondary N) is 1. The van der Waals surface area contributed by atoms with E-state index >= 15 is 0 Å². The van der Waals surface area contributed by atoms with Crippen LogP contribution in [0.2, 0.25) is 0 Å². The van der Waals surface area contributed by atoms with Crippen molar-refractivity contribution >= 4 is 55.5 Å². The number of hydrogen-bond donors (Lipinski definition) is 1. The average Bonchev–Trinajstić information content (AvgIpc) is 2.63. The number of hydrogen-bond acceptors (Lipinski definition) is 3. The minimum atomic E-state index is 0.224. The molecule has 2 nitrogen and oxygen atoms in total. The van der Waals surface area contributed by atoms with Crippen molar-refractivity contribution < 1.29 is 0 Å². The second-order valence-electron chi connectivity index (χ2n) is 4.17. The van der Waals surface area contributed by atoms with Crippen LogP contribution in [-0.4, -0.2) is 4.98 Å². The molecule has 18 heavy (non-hydrogen) atoms. The van der Waals surface area contributed by atoms with E-state index in [-0.39, 0.29) is 6.04 Å². The molecule has 0 bridgehead atoms. The van der Waals surface area contributed by atoms with Crippen LogP contribution in [0.5, 0.6) is 0 Å². The Labute approximate surface area is 133 Å². The Morgan fingerprint density at radius 2 is 2.11 bits per heavy atom. The van der Waals surface area contributed by atoms with E-state index in [1.807, 2.05) is 0 Å². The number of anilines is 1.